The second kappa shape index (κ2) is 7.46. The molecule has 1 aliphatic heterocycles. The van der Waals surface area contributed by atoms with E-state index in [1.54, 1.807) is 7.11 Å². The Labute approximate surface area is 116 Å². The van der Waals surface area contributed by atoms with Crippen molar-refractivity contribution in [1.29, 1.82) is 0 Å². The largest absolute Gasteiger partial charge is 0.384 e. The van der Waals surface area contributed by atoms with Gasteiger partial charge < -0.3 is 15.0 Å². The zero-order valence-electron chi connectivity index (χ0n) is 12.1. The lowest BCUT2D eigenvalue weighted by molar-refractivity contribution is 0.143. The maximum absolute atomic E-state index is 5.31. The molecule has 4 nitrogen and oxygen atoms in total. The van der Waals surface area contributed by atoms with Crippen LogP contribution in [0, 0.1) is 5.92 Å². The monoisotopic (exact) mass is 263 g/mol. The second-order valence-corrected chi connectivity index (χ2v) is 5.19. The zero-order chi connectivity index (χ0) is 13.5. The fraction of sp³-hybridized carbons (Fsp3) is 0.667. The summed E-state index contributed by atoms with van der Waals surface area (Å²) in [6.45, 7) is 7.11. The SMILES string of the molecule is CCNCc1cnccc1N1CCCC(COC)C1. The number of nitrogens with one attached hydrogen (secondary N) is 1. The molecule has 0 bridgehead atoms. The van der Waals surface area contributed by atoms with Gasteiger partial charge in [0.1, 0.15) is 0 Å². The Bertz CT molecular complexity index is 381. The van der Waals surface area contributed by atoms with E-state index in [0.717, 1.165) is 32.8 Å². The number of anilines is 1. The number of pyridine rings is 1. The molecule has 1 atom stereocenters. The molecule has 1 N–H and O–H groups in total. The smallest absolute Gasteiger partial charge is 0.0507 e. The first-order valence-corrected chi connectivity index (χ1v) is 7.22. The number of ether oxygens (including phenoxy) is 1. The number of aromatic nitrogens is 1. The van der Waals surface area contributed by atoms with Gasteiger partial charge in [-0.05, 0) is 31.4 Å². The Kier molecular flexibility index (Phi) is 5.61. The number of methoxy groups -OCH3 is 1. The quantitative estimate of drug-likeness (QED) is 0.852. The standard InChI is InChI=1S/C15H25N3O/c1-3-16-9-14-10-17-7-6-15(14)18-8-4-5-13(11-18)12-19-2/h6-7,10,13,16H,3-5,8-9,11-12H2,1-2H3. The highest BCUT2D eigenvalue weighted by Gasteiger charge is 2.21. The third-order valence-electron chi connectivity index (χ3n) is 3.71. The highest BCUT2D eigenvalue weighted by atomic mass is 16.5. The Morgan fingerprint density at radius 3 is 3.21 bits per heavy atom. The van der Waals surface area contributed by atoms with E-state index in [0.29, 0.717) is 5.92 Å². The van der Waals surface area contributed by atoms with Crippen LogP contribution in [0.1, 0.15) is 25.3 Å². The van der Waals surface area contributed by atoms with Crippen LogP contribution in [0.3, 0.4) is 0 Å². The maximum atomic E-state index is 5.31. The first-order valence-electron chi connectivity index (χ1n) is 7.22. The summed E-state index contributed by atoms with van der Waals surface area (Å²) in [5.41, 5.74) is 2.62. The Balaban J connectivity index is 2.07. The van der Waals surface area contributed by atoms with Gasteiger partial charge in [-0.1, -0.05) is 6.92 Å². The molecule has 4 heteroatoms. The van der Waals surface area contributed by atoms with Crippen molar-refractivity contribution in [2.45, 2.75) is 26.3 Å². The van der Waals surface area contributed by atoms with Gasteiger partial charge in [-0.25, -0.2) is 0 Å². The van der Waals surface area contributed by atoms with Gasteiger partial charge in [-0.15, -0.1) is 0 Å². The molecular weight excluding hydrogens is 238 g/mol. The van der Waals surface area contributed by atoms with Crippen molar-refractivity contribution in [3.63, 3.8) is 0 Å². The number of nitrogens with zero attached hydrogens (tertiary/aromatic N) is 2. The molecule has 1 fully saturated rings. The van der Waals surface area contributed by atoms with E-state index in [-0.39, 0.29) is 0 Å². The van der Waals surface area contributed by atoms with Crippen molar-refractivity contribution in [3.8, 4) is 0 Å². The molecule has 0 saturated carbocycles. The van der Waals surface area contributed by atoms with Gasteiger partial charge in [-0.3, -0.25) is 4.98 Å². The summed E-state index contributed by atoms with van der Waals surface area (Å²) in [5.74, 6) is 0.652. The lowest BCUT2D eigenvalue weighted by Gasteiger charge is -2.35. The van der Waals surface area contributed by atoms with Crippen LogP contribution < -0.4 is 10.2 Å². The average molecular weight is 263 g/mol. The topological polar surface area (TPSA) is 37.4 Å². The summed E-state index contributed by atoms with van der Waals surface area (Å²) in [4.78, 5) is 6.74. The van der Waals surface area contributed by atoms with Gasteiger partial charge >= 0.3 is 0 Å². The minimum absolute atomic E-state index is 0.652. The molecule has 0 aromatic carbocycles. The molecule has 1 aromatic heterocycles. The van der Waals surface area contributed by atoms with E-state index in [9.17, 15) is 0 Å². The van der Waals surface area contributed by atoms with Crippen LogP contribution in [-0.4, -0.2) is 38.3 Å². The molecule has 106 valence electrons. The van der Waals surface area contributed by atoms with Crippen LogP contribution in [0.15, 0.2) is 18.5 Å². The number of hydrogen-bond donors (Lipinski definition) is 1. The van der Waals surface area contributed by atoms with E-state index in [1.807, 2.05) is 12.4 Å². The lowest BCUT2D eigenvalue weighted by Crippen LogP contribution is -2.37. The molecular formula is C15H25N3O. The molecule has 2 heterocycles. The van der Waals surface area contributed by atoms with Crippen molar-refractivity contribution in [2.75, 3.05) is 38.3 Å². The predicted octanol–water partition coefficient (Wildman–Crippen LogP) is 2.05. The fourth-order valence-corrected chi connectivity index (χ4v) is 2.78. The molecule has 19 heavy (non-hydrogen) atoms. The highest BCUT2D eigenvalue weighted by Crippen LogP contribution is 2.25. The van der Waals surface area contributed by atoms with E-state index in [1.165, 1.54) is 24.1 Å². The summed E-state index contributed by atoms with van der Waals surface area (Å²) < 4.78 is 5.31. The van der Waals surface area contributed by atoms with Crippen molar-refractivity contribution in [1.82, 2.24) is 10.3 Å². The van der Waals surface area contributed by atoms with Gasteiger partial charge in [0.15, 0.2) is 0 Å². The zero-order valence-corrected chi connectivity index (χ0v) is 12.1. The third kappa shape index (κ3) is 3.91. The summed E-state index contributed by atoms with van der Waals surface area (Å²) >= 11 is 0. The summed E-state index contributed by atoms with van der Waals surface area (Å²) in [5, 5.41) is 3.39. The normalized spacial score (nSPS) is 19.7. The molecule has 0 amide bonds. The van der Waals surface area contributed by atoms with Crippen LogP contribution in [0.5, 0.6) is 0 Å². The van der Waals surface area contributed by atoms with Gasteiger partial charge in [-0.2, -0.15) is 0 Å². The van der Waals surface area contributed by atoms with Crippen LogP contribution in [0.2, 0.25) is 0 Å². The number of piperidine rings is 1. The van der Waals surface area contributed by atoms with Crippen LogP contribution in [0.4, 0.5) is 5.69 Å². The summed E-state index contributed by atoms with van der Waals surface area (Å²) in [6, 6.07) is 2.14. The van der Waals surface area contributed by atoms with Crippen molar-refractivity contribution < 1.29 is 4.74 Å². The fourth-order valence-electron chi connectivity index (χ4n) is 2.78. The molecule has 0 aliphatic carbocycles. The number of hydrogen-bond acceptors (Lipinski definition) is 4. The first kappa shape index (κ1) is 14.3. The first-order chi connectivity index (χ1) is 9.35. The average Bonchev–Trinajstić information content (AvgIpc) is 2.46. The van der Waals surface area contributed by atoms with E-state index in [4.69, 9.17) is 4.74 Å². The summed E-state index contributed by atoms with van der Waals surface area (Å²) in [7, 11) is 1.79. The minimum Gasteiger partial charge on any atom is -0.384 e. The molecule has 1 unspecified atom stereocenters. The van der Waals surface area contributed by atoms with E-state index >= 15 is 0 Å². The second-order valence-electron chi connectivity index (χ2n) is 5.19. The van der Waals surface area contributed by atoms with Gasteiger partial charge in [0.2, 0.25) is 0 Å². The Hall–Kier alpha value is -1.13. The van der Waals surface area contributed by atoms with Crippen LogP contribution in [0.25, 0.3) is 0 Å². The molecule has 0 spiro atoms. The van der Waals surface area contributed by atoms with Crippen molar-refractivity contribution in [3.05, 3.63) is 24.0 Å². The maximum Gasteiger partial charge on any atom is 0.0507 e. The molecule has 1 aromatic rings. The molecule has 1 saturated heterocycles. The van der Waals surface area contributed by atoms with Crippen LogP contribution >= 0.6 is 0 Å². The van der Waals surface area contributed by atoms with Crippen LogP contribution in [-0.2, 0) is 11.3 Å². The van der Waals surface area contributed by atoms with Gasteiger partial charge in [0, 0.05) is 50.4 Å². The predicted molar refractivity (Wildman–Crippen MR) is 78.4 cm³/mol. The molecule has 1 aliphatic rings. The van der Waals surface area contributed by atoms with Crippen molar-refractivity contribution >= 4 is 5.69 Å². The molecule has 0 radical (unpaired) electrons. The Morgan fingerprint density at radius 1 is 1.53 bits per heavy atom. The highest BCUT2D eigenvalue weighted by molar-refractivity contribution is 5.52. The van der Waals surface area contributed by atoms with Gasteiger partial charge in [0.05, 0.1) is 6.61 Å². The Morgan fingerprint density at radius 2 is 2.42 bits per heavy atom. The number of rotatable bonds is 6. The van der Waals surface area contributed by atoms with Gasteiger partial charge in [0.25, 0.3) is 0 Å². The summed E-state index contributed by atoms with van der Waals surface area (Å²) in [6.07, 6.45) is 6.40. The van der Waals surface area contributed by atoms with E-state index in [2.05, 4.69) is 28.2 Å². The van der Waals surface area contributed by atoms with E-state index < -0.39 is 0 Å². The van der Waals surface area contributed by atoms with Crippen molar-refractivity contribution in [2.24, 2.45) is 5.92 Å². The minimum atomic E-state index is 0.652. The third-order valence-corrected chi connectivity index (χ3v) is 3.71. The molecule has 2 rings (SSSR count). The lowest BCUT2D eigenvalue weighted by atomic mass is 9.98.